The minimum atomic E-state index is -0.426. The molecule has 1 aliphatic carbocycles. The molecule has 1 atom stereocenters. The minimum absolute atomic E-state index is 0.0747. The number of piperidine rings is 1. The lowest BCUT2D eigenvalue weighted by Gasteiger charge is -2.24. The SMILES string of the molecule is O=c1c2c(F)cc(C3CC3)cc2ncn1C1CCCNC1. The van der Waals surface area contributed by atoms with Gasteiger partial charge in [0, 0.05) is 6.54 Å². The molecule has 1 aromatic carbocycles. The van der Waals surface area contributed by atoms with E-state index in [9.17, 15) is 9.18 Å². The van der Waals surface area contributed by atoms with E-state index < -0.39 is 5.82 Å². The minimum Gasteiger partial charge on any atom is -0.315 e. The fourth-order valence-corrected chi connectivity index (χ4v) is 3.22. The zero-order chi connectivity index (χ0) is 14.4. The molecule has 1 aliphatic heterocycles. The fraction of sp³-hybridized carbons (Fsp3) is 0.500. The van der Waals surface area contributed by atoms with E-state index in [2.05, 4.69) is 10.3 Å². The second-order valence-electron chi connectivity index (χ2n) is 6.13. The second-order valence-corrected chi connectivity index (χ2v) is 6.13. The smallest absolute Gasteiger partial charge is 0.264 e. The van der Waals surface area contributed by atoms with Gasteiger partial charge in [0.05, 0.1) is 17.9 Å². The van der Waals surface area contributed by atoms with Gasteiger partial charge in [0.2, 0.25) is 0 Å². The quantitative estimate of drug-likeness (QED) is 0.922. The summed E-state index contributed by atoms with van der Waals surface area (Å²) in [5.41, 5.74) is 1.21. The molecule has 4 nitrogen and oxygen atoms in total. The van der Waals surface area contributed by atoms with Crippen molar-refractivity contribution in [1.29, 1.82) is 0 Å². The number of rotatable bonds is 2. The molecule has 0 bridgehead atoms. The number of benzene rings is 1. The maximum absolute atomic E-state index is 14.4. The van der Waals surface area contributed by atoms with Crippen molar-refractivity contribution in [3.05, 3.63) is 40.2 Å². The number of fused-ring (bicyclic) bond motifs is 1. The fourth-order valence-electron chi connectivity index (χ4n) is 3.22. The molecule has 5 heteroatoms. The van der Waals surface area contributed by atoms with Gasteiger partial charge in [0.15, 0.2) is 0 Å². The summed E-state index contributed by atoms with van der Waals surface area (Å²) in [4.78, 5) is 16.9. The van der Waals surface area contributed by atoms with Crippen LogP contribution in [0.25, 0.3) is 10.9 Å². The van der Waals surface area contributed by atoms with Crippen molar-refractivity contribution >= 4 is 10.9 Å². The first kappa shape index (κ1) is 13.0. The number of halogens is 1. The Balaban J connectivity index is 1.84. The first-order valence-corrected chi connectivity index (χ1v) is 7.65. The third-order valence-corrected chi connectivity index (χ3v) is 4.57. The third kappa shape index (κ3) is 2.25. The molecule has 21 heavy (non-hydrogen) atoms. The van der Waals surface area contributed by atoms with Crippen molar-refractivity contribution in [1.82, 2.24) is 14.9 Å². The summed E-state index contributed by atoms with van der Waals surface area (Å²) in [6, 6.07) is 3.47. The normalized spacial score (nSPS) is 22.6. The Hall–Kier alpha value is -1.75. The highest BCUT2D eigenvalue weighted by Crippen LogP contribution is 2.41. The Morgan fingerprint density at radius 1 is 1.29 bits per heavy atom. The lowest BCUT2D eigenvalue weighted by Crippen LogP contribution is -2.36. The molecule has 1 saturated heterocycles. The van der Waals surface area contributed by atoms with Crippen LogP contribution in [0.15, 0.2) is 23.3 Å². The molecule has 2 aromatic rings. The molecule has 1 N–H and O–H groups in total. The van der Waals surface area contributed by atoms with Gasteiger partial charge in [0.25, 0.3) is 5.56 Å². The van der Waals surface area contributed by atoms with Gasteiger partial charge < -0.3 is 5.32 Å². The highest BCUT2D eigenvalue weighted by molar-refractivity contribution is 5.79. The highest BCUT2D eigenvalue weighted by atomic mass is 19.1. The second kappa shape index (κ2) is 4.91. The van der Waals surface area contributed by atoms with E-state index in [4.69, 9.17) is 0 Å². The van der Waals surface area contributed by atoms with Crippen LogP contribution in [0.4, 0.5) is 4.39 Å². The summed E-state index contributed by atoms with van der Waals surface area (Å²) in [6.45, 7) is 1.72. The average molecular weight is 287 g/mol. The molecule has 1 aromatic heterocycles. The van der Waals surface area contributed by atoms with Crippen LogP contribution in [0.1, 0.15) is 43.2 Å². The molecule has 2 heterocycles. The predicted molar refractivity (Wildman–Crippen MR) is 79.1 cm³/mol. The Kier molecular flexibility index (Phi) is 3.03. The van der Waals surface area contributed by atoms with E-state index >= 15 is 0 Å². The van der Waals surface area contributed by atoms with E-state index in [1.165, 1.54) is 6.07 Å². The average Bonchev–Trinajstić information content (AvgIpc) is 3.32. The van der Waals surface area contributed by atoms with Crippen LogP contribution in [0.2, 0.25) is 0 Å². The summed E-state index contributed by atoms with van der Waals surface area (Å²) >= 11 is 0. The molecule has 0 radical (unpaired) electrons. The Morgan fingerprint density at radius 2 is 2.14 bits per heavy atom. The Bertz CT molecular complexity index is 745. The molecule has 1 saturated carbocycles. The third-order valence-electron chi connectivity index (χ3n) is 4.57. The molecule has 2 fully saturated rings. The van der Waals surface area contributed by atoms with Gasteiger partial charge in [-0.1, -0.05) is 0 Å². The van der Waals surface area contributed by atoms with Gasteiger partial charge in [-0.3, -0.25) is 9.36 Å². The van der Waals surface area contributed by atoms with Crippen LogP contribution in [0, 0.1) is 5.82 Å². The maximum Gasteiger partial charge on any atom is 0.264 e. The van der Waals surface area contributed by atoms with Crippen LogP contribution in [0.5, 0.6) is 0 Å². The van der Waals surface area contributed by atoms with Crippen LogP contribution in [-0.4, -0.2) is 22.6 Å². The van der Waals surface area contributed by atoms with E-state index in [1.54, 1.807) is 10.9 Å². The first-order valence-electron chi connectivity index (χ1n) is 7.65. The van der Waals surface area contributed by atoms with Crippen molar-refractivity contribution in [2.45, 2.75) is 37.6 Å². The van der Waals surface area contributed by atoms with E-state index in [0.717, 1.165) is 44.3 Å². The summed E-state index contributed by atoms with van der Waals surface area (Å²) in [5, 5.41) is 3.41. The number of aromatic nitrogens is 2. The summed E-state index contributed by atoms with van der Waals surface area (Å²) < 4.78 is 16.0. The predicted octanol–water partition coefficient (Wildman–Crippen LogP) is 2.34. The number of hydrogen-bond donors (Lipinski definition) is 1. The molecule has 0 spiro atoms. The Morgan fingerprint density at radius 3 is 2.86 bits per heavy atom. The molecular weight excluding hydrogens is 269 g/mol. The van der Waals surface area contributed by atoms with E-state index in [1.807, 2.05) is 6.07 Å². The first-order chi connectivity index (χ1) is 10.2. The summed E-state index contributed by atoms with van der Waals surface area (Å²) in [5.74, 6) is 0.0284. The van der Waals surface area contributed by atoms with Gasteiger partial charge in [0.1, 0.15) is 11.2 Å². The number of nitrogens with one attached hydrogen (secondary N) is 1. The van der Waals surface area contributed by atoms with Crippen LogP contribution >= 0.6 is 0 Å². The summed E-state index contributed by atoms with van der Waals surface area (Å²) in [7, 11) is 0. The number of hydrogen-bond acceptors (Lipinski definition) is 3. The zero-order valence-electron chi connectivity index (χ0n) is 11.8. The molecule has 1 unspecified atom stereocenters. The lowest BCUT2D eigenvalue weighted by molar-refractivity contribution is 0.362. The van der Waals surface area contributed by atoms with Crippen molar-refractivity contribution in [2.24, 2.45) is 0 Å². The van der Waals surface area contributed by atoms with Crippen molar-refractivity contribution in [3.8, 4) is 0 Å². The van der Waals surface area contributed by atoms with Crippen LogP contribution in [0.3, 0.4) is 0 Å². The number of nitrogens with zero attached hydrogens (tertiary/aromatic N) is 2. The highest BCUT2D eigenvalue weighted by Gasteiger charge is 2.26. The van der Waals surface area contributed by atoms with Gasteiger partial charge in [-0.15, -0.1) is 0 Å². The maximum atomic E-state index is 14.4. The van der Waals surface area contributed by atoms with Gasteiger partial charge in [-0.2, -0.15) is 0 Å². The van der Waals surface area contributed by atoms with E-state index in [-0.39, 0.29) is 17.0 Å². The molecule has 2 aliphatic rings. The standard InChI is InChI=1S/C16H18FN3O/c17-13-6-11(10-3-4-10)7-14-15(13)16(21)20(9-19-14)12-2-1-5-18-8-12/h6-7,9-10,12,18H,1-5,8H2. The van der Waals surface area contributed by atoms with Crippen LogP contribution in [-0.2, 0) is 0 Å². The molecule has 0 amide bonds. The van der Waals surface area contributed by atoms with Crippen molar-refractivity contribution in [2.75, 3.05) is 13.1 Å². The molecule has 110 valence electrons. The largest absolute Gasteiger partial charge is 0.315 e. The monoisotopic (exact) mass is 287 g/mol. The van der Waals surface area contributed by atoms with Gasteiger partial charge in [-0.05, 0) is 55.8 Å². The van der Waals surface area contributed by atoms with E-state index in [0.29, 0.717) is 11.4 Å². The molecular formula is C16H18FN3O. The summed E-state index contributed by atoms with van der Waals surface area (Å²) in [6.07, 6.45) is 5.75. The van der Waals surface area contributed by atoms with Crippen molar-refractivity contribution < 1.29 is 4.39 Å². The lowest BCUT2D eigenvalue weighted by atomic mass is 10.1. The van der Waals surface area contributed by atoms with Crippen LogP contribution < -0.4 is 10.9 Å². The van der Waals surface area contributed by atoms with Gasteiger partial charge in [-0.25, -0.2) is 9.37 Å². The topological polar surface area (TPSA) is 46.9 Å². The van der Waals surface area contributed by atoms with Gasteiger partial charge >= 0.3 is 0 Å². The zero-order valence-corrected chi connectivity index (χ0v) is 11.8. The molecule has 4 rings (SSSR count). The Labute approximate surface area is 122 Å². The van der Waals surface area contributed by atoms with Crippen molar-refractivity contribution in [3.63, 3.8) is 0 Å².